The van der Waals surface area contributed by atoms with Gasteiger partial charge in [-0.3, -0.25) is 9.59 Å². The summed E-state index contributed by atoms with van der Waals surface area (Å²) < 4.78 is 5.71. The van der Waals surface area contributed by atoms with E-state index in [4.69, 9.17) is 4.74 Å². The van der Waals surface area contributed by atoms with Gasteiger partial charge in [-0.2, -0.15) is 0 Å². The van der Waals surface area contributed by atoms with Crippen molar-refractivity contribution in [2.75, 3.05) is 18.1 Å². The Kier molecular flexibility index (Phi) is 5.95. The van der Waals surface area contributed by atoms with E-state index in [1.165, 1.54) is 6.42 Å². The first kappa shape index (κ1) is 17.8. The van der Waals surface area contributed by atoms with Crippen LogP contribution < -0.4 is 15.0 Å². The summed E-state index contributed by atoms with van der Waals surface area (Å²) in [5, 5.41) is 3.04. The number of amides is 2. The van der Waals surface area contributed by atoms with Crippen molar-refractivity contribution in [3.8, 4) is 5.75 Å². The van der Waals surface area contributed by atoms with Gasteiger partial charge in [-0.05, 0) is 38.3 Å². The van der Waals surface area contributed by atoms with Gasteiger partial charge in [0, 0.05) is 24.9 Å². The third kappa shape index (κ3) is 4.53. The molecule has 5 nitrogen and oxygen atoms in total. The highest BCUT2D eigenvalue weighted by molar-refractivity contribution is 5.95. The van der Waals surface area contributed by atoms with E-state index in [0.29, 0.717) is 19.6 Å². The summed E-state index contributed by atoms with van der Waals surface area (Å²) in [5.74, 6) is 1.03. The molecule has 1 aromatic carbocycles. The number of hydrogen-bond donors (Lipinski definition) is 1. The molecule has 1 heterocycles. The molecular formula is C20H28N2O3. The summed E-state index contributed by atoms with van der Waals surface area (Å²) in [4.78, 5) is 27.0. The monoisotopic (exact) mass is 344 g/mol. The van der Waals surface area contributed by atoms with E-state index < -0.39 is 0 Å². The van der Waals surface area contributed by atoms with E-state index in [1.807, 2.05) is 31.2 Å². The minimum absolute atomic E-state index is 0.0365. The number of nitrogens with zero attached hydrogens (tertiary/aromatic N) is 1. The zero-order chi connectivity index (χ0) is 17.6. The van der Waals surface area contributed by atoms with Crippen LogP contribution in [0, 0.1) is 5.92 Å². The molecule has 25 heavy (non-hydrogen) atoms. The SMILES string of the molecule is CC(CC(=O)N1CCCOc2ccccc21)NC(=O)C1CCCCC1. The number of hydrogen-bond acceptors (Lipinski definition) is 3. The average molecular weight is 344 g/mol. The lowest BCUT2D eigenvalue weighted by Crippen LogP contribution is -2.42. The minimum atomic E-state index is -0.154. The second-order valence-electron chi connectivity index (χ2n) is 7.16. The number of carbonyl (C=O) groups excluding carboxylic acids is 2. The van der Waals surface area contributed by atoms with Crippen LogP contribution in [0.15, 0.2) is 24.3 Å². The van der Waals surface area contributed by atoms with Gasteiger partial charge in [-0.1, -0.05) is 31.4 Å². The molecule has 1 aliphatic carbocycles. The second-order valence-corrected chi connectivity index (χ2v) is 7.16. The van der Waals surface area contributed by atoms with Crippen molar-refractivity contribution in [2.45, 2.75) is 57.9 Å². The largest absolute Gasteiger partial charge is 0.491 e. The Morgan fingerprint density at radius 1 is 1.20 bits per heavy atom. The predicted molar refractivity (Wildman–Crippen MR) is 97.7 cm³/mol. The molecule has 1 unspecified atom stereocenters. The van der Waals surface area contributed by atoms with E-state index in [9.17, 15) is 9.59 Å². The van der Waals surface area contributed by atoms with Crippen molar-refractivity contribution in [3.05, 3.63) is 24.3 Å². The Morgan fingerprint density at radius 3 is 2.76 bits per heavy atom. The Bertz CT molecular complexity index is 611. The van der Waals surface area contributed by atoms with Gasteiger partial charge in [-0.25, -0.2) is 0 Å². The van der Waals surface area contributed by atoms with E-state index in [1.54, 1.807) is 4.90 Å². The number of fused-ring (bicyclic) bond motifs is 1. The van der Waals surface area contributed by atoms with Gasteiger partial charge in [0.05, 0.1) is 12.3 Å². The van der Waals surface area contributed by atoms with E-state index in [0.717, 1.165) is 43.5 Å². The van der Waals surface area contributed by atoms with Crippen molar-refractivity contribution >= 4 is 17.5 Å². The first-order valence-corrected chi connectivity index (χ1v) is 9.47. The van der Waals surface area contributed by atoms with Crippen LogP contribution in [0.1, 0.15) is 51.9 Å². The maximum absolute atomic E-state index is 12.8. The Balaban J connectivity index is 1.58. The normalized spacial score (nSPS) is 19.3. The van der Waals surface area contributed by atoms with Crippen LogP contribution in [-0.2, 0) is 9.59 Å². The van der Waals surface area contributed by atoms with E-state index in [2.05, 4.69) is 5.32 Å². The smallest absolute Gasteiger partial charge is 0.229 e. The molecule has 3 rings (SSSR count). The lowest BCUT2D eigenvalue weighted by Gasteiger charge is -2.26. The third-order valence-electron chi connectivity index (χ3n) is 5.09. The first-order chi connectivity index (χ1) is 12.1. The predicted octanol–water partition coefficient (Wildman–Crippen LogP) is 3.28. The zero-order valence-electron chi connectivity index (χ0n) is 15.0. The van der Waals surface area contributed by atoms with Gasteiger partial charge in [0.1, 0.15) is 5.75 Å². The minimum Gasteiger partial charge on any atom is -0.491 e. The van der Waals surface area contributed by atoms with Crippen LogP contribution in [-0.4, -0.2) is 31.0 Å². The van der Waals surface area contributed by atoms with Gasteiger partial charge in [0.15, 0.2) is 0 Å². The molecular weight excluding hydrogens is 316 g/mol. The second kappa shape index (κ2) is 8.37. The fraction of sp³-hybridized carbons (Fsp3) is 0.600. The number of anilines is 1. The molecule has 5 heteroatoms. The van der Waals surface area contributed by atoms with Crippen LogP contribution in [0.2, 0.25) is 0 Å². The highest BCUT2D eigenvalue weighted by Crippen LogP contribution is 2.31. The summed E-state index contributed by atoms with van der Waals surface area (Å²) in [7, 11) is 0. The Labute approximate surface area is 149 Å². The van der Waals surface area contributed by atoms with Crippen LogP contribution >= 0.6 is 0 Å². The van der Waals surface area contributed by atoms with Crippen molar-refractivity contribution in [1.82, 2.24) is 5.32 Å². The number of carbonyl (C=O) groups is 2. The third-order valence-corrected chi connectivity index (χ3v) is 5.09. The fourth-order valence-corrected chi connectivity index (χ4v) is 3.74. The summed E-state index contributed by atoms with van der Waals surface area (Å²) in [6, 6.07) is 7.50. The van der Waals surface area contributed by atoms with Gasteiger partial charge in [-0.15, -0.1) is 0 Å². The molecule has 1 saturated carbocycles. The van der Waals surface area contributed by atoms with Gasteiger partial charge >= 0.3 is 0 Å². The standard InChI is InChI=1S/C20H28N2O3/c1-15(21-20(24)16-8-3-2-4-9-16)14-19(23)22-12-7-13-25-18-11-6-5-10-17(18)22/h5-6,10-11,15-16H,2-4,7-9,12-14H2,1H3,(H,21,24). The zero-order valence-corrected chi connectivity index (χ0v) is 15.0. The van der Waals surface area contributed by atoms with Gasteiger partial charge in [0.2, 0.25) is 11.8 Å². The molecule has 0 aromatic heterocycles. The van der Waals surface area contributed by atoms with Gasteiger partial charge in [0.25, 0.3) is 0 Å². The van der Waals surface area contributed by atoms with Crippen LogP contribution in [0.25, 0.3) is 0 Å². The summed E-state index contributed by atoms with van der Waals surface area (Å²) >= 11 is 0. The molecule has 0 radical (unpaired) electrons. The molecule has 1 aliphatic heterocycles. The number of benzene rings is 1. The Morgan fingerprint density at radius 2 is 1.96 bits per heavy atom. The van der Waals surface area contributed by atoms with Crippen molar-refractivity contribution in [1.29, 1.82) is 0 Å². The van der Waals surface area contributed by atoms with E-state index >= 15 is 0 Å². The summed E-state index contributed by atoms with van der Waals surface area (Å²) in [5.41, 5.74) is 0.829. The molecule has 1 atom stereocenters. The van der Waals surface area contributed by atoms with Crippen LogP contribution in [0.3, 0.4) is 0 Å². The highest BCUT2D eigenvalue weighted by atomic mass is 16.5. The van der Waals surface area contributed by atoms with Crippen molar-refractivity contribution in [3.63, 3.8) is 0 Å². The van der Waals surface area contributed by atoms with Gasteiger partial charge < -0.3 is 15.0 Å². The fourth-order valence-electron chi connectivity index (χ4n) is 3.74. The topological polar surface area (TPSA) is 58.6 Å². The van der Waals surface area contributed by atoms with Crippen molar-refractivity contribution < 1.29 is 14.3 Å². The molecule has 0 spiro atoms. The quantitative estimate of drug-likeness (QED) is 0.912. The van der Waals surface area contributed by atoms with Crippen LogP contribution in [0.4, 0.5) is 5.69 Å². The average Bonchev–Trinajstić information content (AvgIpc) is 2.84. The van der Waals surface area contributed by atoms with Crippen LogP contribution in [0.5, 0.6) is 5.75 Å². The highest BCUT2D eigenvalue weighted by Gasteiger charge is 2.26. The summed E-state index contributed by atoms with van der Waals surface area (Å²) in [6.45, 7) is 3.19. The number of para-hydroxylation sites is 2. The first-order valence-electron chi connectivity index (χ1n) is 9.47. The Hall–Kier alpha value is -2.04. The molecule has 2 aliphatic rings. The molecule has 0 bridgehead atoms. The molecule has 2 amide bonds. The molecule has 1 N–H and O–H groups in total. The lowest BCUT2D eigenvalue weighted by molar-refractivity contribution is -0.126. The van der Waals surface area contributed by atoms with E-state index in [-0.39, 0.29) is 23.8 Å². The maximum atomic E-state index is 12.8. The van der Waals surface area contributed by atoms with Crippen molar-refractivity contribution in [2.24, 2.45) is 5.92 Å². The molecule has 1 aromatic rings. The summed E-state index contributed by atoms with van der Waals surface area (Å²) in [6.07, 6.45) is 6.57. The molecule has 136 valence electrons. The number of ether oxygens (including phenoxy) is 1. The maximum Gasteiger partial charge on any atom is 0.229 e. The lowest BCUT2D eigenvalue weighted by atomic mass is 9.88. The number of nitrogens with one attached hydrogen (secondary N) is 1. The molecule has 0 saturated heterocycles. The molecule has 1 fully saturated rings. The number of rotatable bonds is 4.